The maximum atomic E-state index is 5.36. The highest BCUT2D eigenvalue weighted by Crippen LogP contribution is 2.34. The highest BCUT2D eigenvalue weighted by Gasteiger charge is 2.23. The molecule has 13 heavy (non-hydrogen) atoms. The summed E-state index contributed by atoms with van der Waals surface area (Å²) in [5.41, 5.74) is 1.39. The second-order valence-corrected chi connectivity index (χ2v) is 4.29. The van der Waals surface area contributed by atoms with Crippen molar-refractivity contribution >= 4 is 12.6 Å². The van der Waals surface area contributed by atoms with Crippen molar-refractivity contribution in [1.29, 1.82) is 0 Å². The van der Waals surface area contributed by atoms with Gasteiger partial charge in [-0.25, -0.2) is 0 Å². The molecule has 0 aromatic rings. The number of allylic oxidation sites excluding steroid dienone is 2. The molecule has 0 saturated heterocycles. The lowest BCUT2D eigenvalue weighted by molar-refractivity contribution is 0.225. The van der Waals surface area contributed by atoms with E-state index in [1.54, 1.807) is 6.26 Å². The van der Waals surface area contributed by atoms with Gasteiger partial charge in [-0.1, -0.05) is 25.3 Å². The van der Waals surface area contributed by atoms with Gasteiger partial charge in [0.05, 0.1) is 6.26 Å². The fraction of sp³-hybridized carbons (Fsp3) is 0.636. The molecule has 0 N–H and O–H groups in total. The summed E-state index contributed by atoms with van der Waals surface area (Å²) >= 11 is 4.42. The summed E-state index contributed by atoms with van der Waals surface area (Å²) in [6.45, 7) is 0. The summed E-state index contributed by atoms with van der Waals surface area (Å²) < 4.78 is 5.36. The zero-order chi connectivity index (χ0) is 9.10. The molecule has 0 spiro atoms. The molecule has 1 atom stereocenters. The van der Waals surface area contributed by atoms with E-state index in [0.717, 1.165) is 5.92 Å². The van der Waals surface area contributed by atoms with Gasteiger partial charge >= 0.3 is 0 Å². The van der Waals surface area contributed by atoms with E-state index < -0.39 is 0 Å². The zero-order valence-corrected chi connectivity index (χ0v) is 8.67. The third kappa shape index (κ3) is 2.11. The smallest absolute Gasteiger partial charge is 0.162 e. The van der Waals surface area contributed by atoms with Crippen LogP contribution >= 0.6 is 12.6 Å². The van der Waals surface area contributed by atoms with Crippen molar-refractivity contribution in [3.05, 3.63) is 24.0 Å². The summed E-state index contributed by atoms with van der Waals surface area (Å²) in [6.07, 6.45) is 12.7. The van der Waals surface area contributed by atoms with Gasteiger partial charge in [-0.2, -0.15) is 0 Å². The van der Waals surface area contributed by atoms with E-state index in [2.05, 4.69) is 18.7 Å². The van der Waals surface area contributed by atoms with Gasteiger partial charge in [-0.15, -0.1) is 12.6 Å². The zero-order valence-electron chi connectivity index (χ0n) is 7.78. The van der Waals surface area contributed by atoms with Crippen molar-refractivity contribution in [2.24, 2.45) is 5.92 Å². The molecule has 2 heteroatoms. The van der Waals surface area contributed by atoms with Gasteiger partial charge in [0, 0.05) is 0 Å². The molecule has 2 rings (SSSR count). The van der Waals surface area contributed by atoms with Gasteiger partial charge in [-0.05, 0) is 30.4 Å². The Labute approximate surface area is 85.3 Å². The Hall–Kier alpha value is -0.370. The fourth-order valence-electron chi connectivity index (χ4n) is 2.20. The van der Waals surface area contributed by atoms with Crippen LogP contribution in [0.1, 0.15) is 32.1 Å². The standard InChI is InChI=1S/C11H16OS/c13-11-10(7-4-8-12-11)9-5-2-1-3-6-9/h4,7-9,11,13H,1-3,5-6H2. The minimum absolute atomic E-state index is 0.00750. The Kier molecular flexibility index (Phi) is 2.99. The Morgan fingerprint density at radius 1 is 1.23 bits per heavy atom. The number of ether oxygens (including phenoxy) is 1. The molecular weight excluding hydrogens is 180 g/mol. The topological polar surface area (TPSA) is 9.23 Å². The average molecular weight is 196 g/mol. The lowest BCUT2D eigenvalue weighted by Crippen LogP contribution is -2.19. The number of rotatable bonds is 1. The van der Waals surface area contributed by atoms with Crippen molar-refractivity contribution in [3.8, 4) is 0 Å². The van der Waals surface area contributed by atoms with Crippen LogP contribution in [-0.2, 0) is 4.74 Å². The fourth-order valence-corrected chi connectivity index (χ4v) is 2.57. The Bertz CT molecular complexity index is 226. The normalized spacial score (nSPS) is 29.6. The molecule has 2 aliphatic rings. The lowest BCUT2D eigenvalue weighted by atomic mass is 9.83. The quantitative estimate of drug-likeness (QED) is 0.633. The lowest BCUT2D eigenvalue weighted by Gasteiger charge is -2.28. The van der Waals surface area contributed by atoms with E-state index in [0.29, 0.717) is 0 Å². The third-order valence-corrected chi connectivity index (χ3v) is 3.36. The Morgan fingerprint density at radius 3 is 2.69 bits per heavy atom. The van der Waals surface area contributed by atoms with E-state index in [9.17, 15) is 0 Å². The first-order valence-corrected chi connectivity index (χ1v) is 5.60. The first kappa shape index (κ1) is 9.20. The molecule has 0 aromatic carbocycles. The molecule has 0 amide bonds. The van der Waals surface area contributed by atoms with Crippen LogP contribution in [0.25, 0.3) is 0 Å². The van der Waals surface area contributed by atoms with Crippen LogP contribution in [0.4, 0.5) is 0 Å². The van der Waals surface area contributed by atoms with Crippen LogP contribution in [0.5, 0.6) is 0 Å². The average Bonchev–Trinajstić information content (AvgIpc) is 2.20. The van der Waals surface area contributed by atoms with E-state index in [-0.39, 0.29) is 5.44 Å². The molecule has 1 aliphatic heterocycles. The first-order chi connectivity index (χ1) is 6.38. The molecular formula is C11H16OS. The first-order valence-electron chi connectivity index (χ1n) is 5.08. The van der Waals surface area contributed by atoms with Crippen molar-refractivity contribution in [2.45, 2.75) is 37.5 Å². The van der Waals surface area contributed by atoms with Crippen LogP contribution in [-0.4, -0.2) is 5.44 Å². The SMILES string of the molecule is SC1OC=CC=C1C1CCCCC1. The molecule has 0 bridgehead atoms. The summed E-state index contributed by atoms with van der Waals surface area (Å²) in [7, 11) is 0. The number of hydrogen-bond donors (Lipinski definition) is 1. The molecule has 1 heterocycles. The predicted octanol–water partition coefficient (Wildman–Crippen LogP) is 3.29. The summed E-state index contributed by atoms with van der Waals surface area (Å²) in [4.78, 5) is 0. The van der Waals surface area contributed by atoms with E-state index in [4.69, 9.17) is 4.74 Å². The van der Waals surface area contributed by atoms with Crippen molar-refractivity contribution in [3.63, 3.8) is 0 Å². The Balaban J connectivity index is 2.04. The van der Waals surface area contributed by atoms with Gasteiger partial charge in [0.15, 0.2) is 5.44 Å². The van der Waals surface area contributed by atoms with Crippen LogP contribution in [0, 0.1) is 5.92 Å². The molecule has 1 unspecified atom stereocenters. The van der Waals surface area contributed by atoms with Gasteiger partial charge in [-0.3, -0.25) is 0 Å². The van der Waals surface area contributed by atoms with Crippen molar-refractivity contribution < 1.29 is 4.74 Å². The minimum Gasteiger partial charge on any atom is -0.483 e. The molecule has 0 radical (unpaired) electrons. The maximum Gasteiger partial charge on any atom is 0.162 e. The van der Waals surface area contributed by atoms with E-state index >= 15 is 0 Å². The molecule has 1 fully saturated rings. The number of thiol groups is 1. The van der Waals surface area contributed by atoms with E-state index in [1.165, 1.54) is 37.7 Å². The van der Waals surface area contributed by atoms with Crippen molar-refractivity contribution in [1.82, 2.24) is 0 Å². The summed E-state index contributed by atoms with van der Waals surface area (Å²) in [6, 6.07) is 0. The van der Waals surface area contributed by atoms with E-state index in [1.807, 2.05) is 6.08 Å². The van der Waals surface area contributed by atoms with Crippen LogP contribution in [0.3, 0.4) is 0 Å². The summed E-state index contributed by atoms with van der Waals surface area (Å²) in [5, 5.41) is 0. The second-order valence-electron chi connectivity index (χ2n) is 3.82. The predicted molar refractivity (Wildman–Crippen MR) is 57.7 cm³/mol. The highest BCUT2D eigenvalue weighted by molar-refractivity contribution is 7.81. The molecule has 1 nitrogen and oxygen atoms in total. The second kappa shape index (κ2) is 4.23. The maximum absolute atomic E-state index is 5.36. The monoisotopic (exact) mass is 196 g/mol. The third-order valence-electron chi connectivity index (χ3n) is 2.94. The number of hydrogen-bond acceptors (Lipinski definition) is 2. The van der Waals surface area contributed by atoms with Crippen LogP contribution < -0.4 is 0 Å². The van der Waals surface area contributed by atoms with Crippen molar-refractivity contribution in [2.75, 3.05) is 0 Å². The molecule has 1 aliphatic carbocycles. The van der Waals surface area contributed by atoms with Crippen LogP contribution in [0.15, 0.2) is 24.0 Å². The van der Waals surface area contributed by atoms with Gasteiger partial charge in [0.25, 0.3) is 0 Å². The molecule has 0 aromatic heterocycles. The van der Waals surface area contributed by atoms with Gasteiger partial charge in [0.1, 0.15) is 0 Å². The van der Waals surface area contributed by atoms with Crippen LogP contribution in [0.2, 0.25) is 0 Å². The Morgan fingerprint density at radius 2 is 2.00 bits per heavy atom. The molecule has 1 saturated carbocycles. The summed E-state index contributed by atoms with van der Waals surface area (Å²) in [5.74, 6) is 0.723. The molecule has 72 valence electrons. The van der Waals surface area contributed by atoms with Gasteiger partial charge in [0.2, 0.25) is 0 Å². The minimum atomic E-state index is 0.00750. The highest BCUT2D eigenvalue weighted by atomic mass is 32.1. The van der Waals surface area contributed by atoms with Gasteiger partial charge < -0.3 is 4.74 Å². The largest absolute Gasteiger partial charge is 0.483 e.